The van der Waals surface area contributed by atoms with Crippen molar-refractivity contribution in [1.82, 2.24) is 5.32 Å². The lowest BCUT2D eigenvalue weighted by molar-refractivity contribution is 0.138. The minimum absolute atomic E-state index is 0.163. The summed E-state index contributed by atoms with van der Waals surface area (Å²) in [6.45, 7) is 3.43. The Kier molecular flexibility index (Phi) is 7.10. The number of ether oxygens (including phenoxy) is 2. The van der Waals surface area contributed by atoms with Gasteiger partial charge in [-0.1, -0.05) is 50.1 Å². The molecular formula is C26H35NO2. The van der Waals surface area contributed by atoms with Crippen molar-refractivity contribution < 1.29 is 9.47 Å². The Morgan fingerprint density at radius 3 is 2.59 bits per heavy atom. The number of aryl methyl sites for hydroxylation is 1. The summed E-state index contributed by atoms with van der Waals surface area (Å²) in [6, 6.07) is 17.6. The monoisotopic (exact) mass is 393 g/mol. The van der Waals surface area contributed by atoms with Crippen LogP contribution in [0.5, 0.6) is 11.5 Å². The summed E-state index contributed by atoms with van der Waals surface area (Å²) in [5.41, 5.74) is 2.54. The second-order valence-corrected chi connectivity index (χ2v) is 8.58. The first-order valence-corrected chi connectivity index (χ1v) is 11.6. The van der Waals surface area contributed by atoms with Crippen LogP contribution in [0, 0.1) is 0 Å². The maximum atomic E-state index is 6.34. The lowest BCUT2D eigenvalue weighted by Crippen LogP contribution is -2.36. The molecule has 1 atom stereocenters. The van der Waals surface area contributed by atoms with Crippen molar-refractivity contribution in [2.75, 3.05) is 6.54 Å². The van der Waals surface area contributed by atoms with Gasteiger partial charge in [0, 0.05) is 6.04 Å². The normalized spacial score (nSPS) is 23.8. The highest BCUT2D eigenvalue weighted by Gasteiger charge is 2.24. The molecule has 156 valence electrons. The van der Waals surface area contributed by atoms with E-state index in [4.69, 9.17) is 9.47 Å². The molecule has 0 radical (unpaired) electrons. The summed E-state index contributed by atoms with van der Waals surface area (Å²) < 4.78 is 12.6. The standard InChI is InChI=1S/C26H35NO2/c1-2-3-7-18-27-22-11-13-23(14-12-22)28-24-15-17-26-21(19-24)10-16-25(29-26)20-8-5-4-6-9-20/h4-6,8-9,15,17,19,22-23,25,27H,2-3,7,10-14,16,18H2,1H3. The number of fused-ring (bicyclic) bond motifs is 1. The quantitative estimate of drug-likeness (QED) is 0.540. The Hall–Kier alpha value is -2.00. The van der Waals surface area contributed by atoms with Crippen LogP contribution in [0.25, 0.3) is 0 Å². The molecule has 2 aliphatic rings. The zero-order valence-corrected chi connectivity index (χ0v) is 17.7. The Morgan fingerprint density at radius 2 is 1.79 bits per heavy atom. The maximum absolute atomic E-state index is 6.34. The third kappa shape index (κ3) is 5.54. The fourth-order valence-electron chi connectivity index (χ4n) is 4.60. The summed E-state index contributed by atoms with van der Waals surface area (Å²) in [5, 5.41) is 3.73. The summed E-state index contributed by atoms with van der Waals surface area (Å²) >= 11 is 0. The van der Waals surface area contributed by atoms with Gasteiger partial charge in [0.15, 0.2) is 0 Å². The molecule has 1 fully saturated rings. The molecule has 2 aromatic rings. The molecule has 0 saturated heterocycles. The van der Waals surface area contributed by atoms with E-state index in [0.717, 1.165) is 37.2 Å². The summed E-state index contributed by atoms with van der Waals surface area (Å²) in [7, 11) is 0. The van der Waals surface area contributed by atoms with Crippen LogP contribution >= 0.6 is 0 Å². The van der Waals surface area contributed by atoms with Crippen LogP contribution in [-0.4, -0.2) is 18.7 Å². The van der Waals surface area contributed by atoms with E-state index in [2.05, 4.69) is 60.8 Å². The van der Waals surface area contributed by atoms with Gasteiger partial charge in [-0.15, -0.1) is 0 Å². The van der Waals surface area contributed by atoms with Crippen molar-refractivity contribution in [3.05, 3.63) is 59.7 Å². The fraction of sp³-hybridized carbons (Fsp3) is 0.538. The highest BCUT2D eigenvalue weighted by atomic mass is 16.5. The van der Waals surface area contributed by atoms with Gasteiger partial charge in [0.1, 0.15) is 17.6 Å². The highest BCUT2D eigenvalue weighted by molar-refractivity contribution is 5.42. The molecule has 4 rings (SSSR count). The van der Waals surface area contributed by atoms with Gasteiger partial charge in [-0.2, -0.15) is 0 Å². The van der Waals surface area contributed by atoms with Gasteiger partial charge >= 0.3 is 0 Å². The first-order chi connectivity index (χ1) is 14.3. The van der Waals surface area contributed by atoms with E-state index in [1.165, 1.54) is 49.8 Å². The molecule has 1 saturated carbocycles. The lowest BCUT2D eigenvalue weighted by Gasteiger charge is -2.30. The van der Waals surface area contributed by atoms with Crippen LogP contribution in [0.15, 0.2) is 48.5 Å². The lowest BCUT2D eigenvalue weighted by atomic mass is 9.92. The number of nitrogens with one attached hydrogen (secondary N) is 1. The second-order valence-electron chi connectivity index (χ2n) is 8.58. The molecule has 1 aliphatic carbocycles. The van der Waals surface area contributed by atoms with Gasteiger partial charge in [0.2, 0.25) is 0 Å². The minimum atomic E-state index is 0.163. The molecule has 3 heteroatoms. The number of unbranched alkanes of at least 4 members (excludes halogenated alkanes) is 2. The molecule has 1 unspecified atom stereocenters. The zero-order valence-electron chi connectivity index (χ0n) is 17.7. The van der Waals surface area contributed by atoms with Crippen molar-refractivity contribution in [3.63, 3.8) is 0 Å². The largest absolute Gasteiger partial charge is 0.490 e. The van der Waals surface area contributed by atoms with Crippen LogP contribution < -0.4 is 14.8 Å². The number of rotatable bonds is 8. The van der Waals surface area contributed by atoms with E-state index in [0.29, 0.717) is 12.1 Å². The van der Waals surface area contributed by atoms with Gasteiger partial charge in [0.05, 0.1) is 6.10 Å². The summed E-state index contributed by atoms with van der Waals surface area (Å²) in [5.74, 6) is 2.02. The molecule has 1 N–H and O–H groups in total. The molecule has 1 aliphatic heterocycles. The number of hydrogen-bond acceptors (Lipinski definition) is 3. The smallest absolute Gasteiger partial charge is 0.124 e. The van der Waals surface area contributed by atoms with Gasteiger partial charge in [-0.05, 0) is 80.8 Å². The summed E-state index contributed by atoms with van der Waals surface area (Å²) in [4.78, 5) is 0. The van der Waals surface area contributed by atoms with Crippen LogP contribution in [0.4, 0.5) is 0 Å². The van der Waals surface area contributed by atoms with Crippen molar-refractivity contribution in [2.24, 2.45) is 0 Å². The predicted octanol–water partition coefficient (Wildman–Crippen LogP) is 6.22. The zero-order chi connectivity index (χ0) is 19.9. The third-order valence-electron chi connectivity index (χ3n) is 6.34. The molecule has 0 bridgehead atoms. The number of hydrogen-bond donors (Lipinski definition) is 1. The van der Waals surface area contributed by atoms with Crippen molar-refractivity contribution in [1.29, 1.82) is 0 Å². The average Bonchev–Trinajstić information content (AvgIpc) is 2.78. The topological polar surface area (TPSA) is 30.5 Å². The van der Waals surface area contributed by atoms with E-state index in [1.54, 1.807) is 0 Å². The van der Waals surface area contributed by atoms with E-state index < -0.39 is 0 Å². The summed E-state index contributed by atoms with van der Waals surface area (Å²) in [6.07, 6.45) is 11.3. The molecule has 0 amide bonds. The van der Waals surface area contributed by atoms with Crippen molar-refractivity contribution in [2.45, 2.75) is 83.0 Å². The molecule has 0 spiro atoms. The van der Waals surface area contributed by atoms with E-state index in [9.17, 15) is 0 Å². The molecule has 3 nitrogen and oxygen atoms in total. The first-order valence-electron chi connectivity index (χ1n) is 11.6. The van der Waals surface area contributed by atoms with Crippen LogP contribution in [0.1, 0.15) is 75.5 Å². The Balaban J connectivity index is 1.26. The molecule has 2 aromatic carbocycles. The average molecular weight is 394 g/mol. The van der Waals surface area contributed by atoms with Crippen LogP contribution in [-0.2, 0) is 6.42 Å². The maximum Gasteiger partial charge on any atom is 0.124 e. The number of benzene rings is 2. The fourth-order valence-corrected chi connectivity index (χ4v) is 4.60. The molecular weight excluding hydrogens is 358 g/mol. The highest BCUT2D eigenvalue weighted by Crippen LogP contribution is 2.37. The van der Waals surface area contributed by atoms with Crippen LogP contribution in [0.2, 0.25) is 0 Å². The van der Waals surface area contributed by atoms with Crippen LogP contribution in [0.3, 0.4) is 0 Å². The van der Waals surface area contributed by atoms with Crippen molar-refractivity contribution in [3.8, 4) is 11.5 Å². The second kappa shape index (κ2) is 10.2. The Labute approximate surface area is 175 Å². The van der Waals surface area contributed by atoms with Gasteiger partial charge in [0.25, 0.3) is 0 Å². The first kappa shape index (κ1) is 20.3. The van der Waals surface area contributed by atoms with E-state index >= 15 is 0 Å². The van der Waals surface area contributed by atoms with E-state index in [1.807, 2.05) is 0 Å². The minimum Gasteiger partial charge on any atom is -0.490 e. The van der Waals surface area contributed by atoms with Gasteiger partial charge < -0.3 is 14.8 Å². The molecule has 1 heterocycles. The molecule has 29 heavy (non-hydrogen) atoms. The molecule has 0 aromatic heterocycles. The SMILES string of the molecule is CCCCCNC1CCC(Oc2ccc3c(c2)CCC(c2ccccc2)O3)CC1. The van der Waals surface area contributed by atoms with Gasteiger partial charge in [-0.25, -0.2) is 0 Å². The third-order valence-corrected chi connectivity index (χ3v) is 6.34. The van der Waals surface area contributed by atoms with Gasteiger partial charge in [-0.3, -0.25) is 0 Å². The Morgan fingerprint density at radius 1 is 0.966 bits per heavy atom. The van der Waals surface area contributed by atoms with Crippen molar-refractivity contribution >= 4 is 0 Å². The predicted molar refractivity (Wildman–Crippen MR) is 119 cm³/mol. The Bertz CT molecular complexity index is 753. The van der Waals surface area contributed by atoms with E-state index in [-0.39, 0.29) is 6.10 Å².